The second-order valence-electron chi connectivity index (χ2n) is 5.56. The third-order valence-corrected chi connectivity index (χ3v) is 3.68. The number of hydrogen-bond acceptors (Lipinski definition) is 4. The first-order valence-corrected chi connectivity index (χ1v) is 9.38. The Hall–Kier alpha value is 0.570. The number of hydrogen-bond donors (Lipinski definition) is 0. The van der Waals surface area contributed by atoms with Crippen molar-refractivity contribution in [3.63, 3.8) is 0 Å². The Morgan fingerprint density at radius 3 is 1.96 bits per heavy atom. The molecule has 0 saturated carbocycles. The van der Waals surface area contributed by atoms with Gasteiger partial charge in [0.1, 0.15) is 0 Å². The minimum absolute atomic E-state index is 0. The quantitative estimate of drug-likeness (QED) is 0.250. The van der Waals surface area contributed by atoms with Gasteiger partial charge < -0.3 is 9.11 Å². The molecule has 0 atom stereocenters. The van der Waals surface area contributed by atoms with Crippen LogP contribution in [0.5, 0.6) is 0 Å². The van der Waals surface area contributed by atoms with E-state index in [9.17, 15) is 0 Å². The van der Waals surface area contributed by atoms with Crippen LogP contribution in [0.2, 0.25) is 0 Å². The van der Waals surface area contributed by atoms with Crippen molar-refractivity contribution in [2.45, 2.75) is 51.9 Å². The van der Waals surface area contributed by atoms with E-state index in [-0.39, 0.29) is 59.1 Å². The first kappa shape index (κ1) is 27.8. The van der Waals surface area contributed by atoms with Gasteiger partial charge >= 0.3 is 59.1 Å². The van der Waals surface area contributed by atoms with E-state index in [1.807, 2.05) is 0 Å². The minimum Gasteiger partial charge on any atom is -0.759 e. The number of fused-ring (bicyclic) bond motifs is 1. The molecule has 2 rings (SSSR count). The normalized spacial score (nSPS) is 10.2. The molecule has 7 heteroatoms. The monoisotopic (exact) mass is 382 g/mol. The van der Waals surface area contributed by atoms with Crippen LogP contribution >= 0.6 is 0 Å². The first-order chi connectivity index (χ1) is 10.9. The molecule has 2 aromatic rings. The van der Waals surface area contributed by atoms with Crippen molar-refractivity contribution in [1.29, 1.82) is 0 Å². The number of benzene rings is 2. The summed E-state index contributed by atoms with van der Waals surface area (Å²) < 4.78 is 34.1. The molecule has 0 aliphatic rings. The Balaban J connectivity index is 0. The number of unbranched alkanes of at least 4 members (excludes halogenated alkanes) is 5. The van der Waals surface area contributed by atoms with E-state index in [2.05, 4.69) is 49.4 Å². The van der Waals surface area contributed by atoms with Gasteiger partial charge in [-0.15, -0.1) is 0 Å². The minimum atomic E-state index is -5.17. The number of rotatable bonds is 7. The first-order valence-electron chi connectivity index (χ1n) is 8.05. The summed E-state index contributed by atoms with van der Waals surface area (Å²) in [7, 11) is -5.17. The summed E-state index contributed by atoms with van der Waals surface area (Å²) in [6.07, 6.45) is 9.48. The molecule has 4 nitrogen and oxygen atoms in total. The van der Waals surface area contributed by atoms with Crippen LogP contribution in [-0.4, -0.2) is 17.5 Å². The third-order valence-electron chi connectivity index (χ3n) is 3.68. The summed E-state index contributed by atoms with van der Waals surface area (Å²) in [5, 5.41) is 2.81. The molecule has 2 aromatic carbocycles. The second-order valence-corrected chi connectivity index (χ2v) is 6.38. The van der Waals surface area contributed by atoms with Crippen LogP contribution in [0.4, 0.5) is 0 Å². The zero-order valence-corrected chi connectivity index (χ0v) is 20.3. The molecule has 0 fully saturated rings. The van der Waals surface area contributed by atoms with Crippen molar-refractivity contribution in [3.8, 4) is 0 Å². The largest absolute Gasteiger partial charge is 1.00 e. The van der Waals surface area contributed by atoms with Crippen LogP contribution < -0.4 is 59.1 Å². The van der Waals surface area contributed by atoms with Crippen molar-refractivity contribution in [1.82, 2.24) is 0 Å². The van der Waals surface area contributed by atoms with Crippen molar-refractivity contribution >= 4 is 21.2 Å². The molecule has 128 valence electrons. The molecule has 0 heterocycles. The van der Waals surface area contributed by atoms with Gasteiger partial charge in [0.25, 0.3) is 0 Å². The standard InChI is InChI=1S/C18H24.2Na.H2O4S/c1-2-3-4-5-6-7-11-16-13-10-14-17-12-8-9-15-18(16)17;;;1-5(2,3)4/h8-10,12-15H,2-7,11H2,1H3;;;(H2,1,2,3,4)/q;2*+1;/p-2. The zero-order valence-electron chi connectivity index (χ0n) is 15.5. The zero-order chi connectivity index (χ0) is 17.1. The van der Waals surface area contributed by atoms with Gasteiger partial charge in [0.2, 0.25) is 0 Å². The van der Waals surface area contributed by atoms with Crippen molar-refractivity contribution < 1.29 is 76.6 Å². The van der Waals surface area contributed by atoms with Gasteiger partial charge in [0, 0.05) is 10.4 Å². The molecule has 0 radical (unpaired) electrons. The summed E-state index contributed by atoms with van der Waals surface area (Å²) >= 11 is 0. The molecule has 25 heavy (non-hydrogen) atoms. The molecule has 0 aliphatic heterocycles. The third kappa shape index (κ3) is 14.3. The molecule has 0 aliphatic carbocycles. The summed E-state index contributed by atoms with van der Waals surface area (Å²) in [5.41, 5.74) is 1.52. The Morgan fingerprint density at radius 2 is 1.32 bits per heavy atom. The Labute approximate surface area is 195 Å². The van der Waals surface area contributed by atoms with Gasteiger partial charge in [0.15, 0.2) is 0 Å². The molecule has 0 aromatic heterocycles. The van der Waals surface area contributed by atoms with Crippen LogP contribution in [0.25, 0.3) is 10.8 Å². The van der Waals surface area contributed by atoms with Crippen LogP contribution in [0, 0.1) is 0 Å². The maximum atomic E-state index is 8.52. The summed E-state index contributed by atoms with van der Waals surface area (Å²) in [6, 6.07) is 15.4. The molecule has 0 N–H and O–H groups in total. The topological polar surface area (TPSA) is 80.3 Å². The molecule has 0 spiro atoms. The predicted octanol–water partition coefficient (Wildman–Crippen LogP) is -1.59. The van der Waals surface area contributed by atoms with Crippen LogP contribution in [-0.2, 0) is 16.8 Å². The fraction of sp³-hybridized carbons (Fsp3) is 0.444. The summed E-state index contributed by atoms with van der Waals surface area (Å²) in [4.78, 5) is 0. The van der Waals surface area contributed by atoms with Gasteiger partial charge in [-0.05, 0) is 29.2 Å². The van der Waals surface area contributed by atoms with E-state index in [1.165, 1.54) is 61.3 Å². The maximum absolute atomic E-state index is 8.52. The smallest absolute Gasteiger partial charge is 0.759 e. The predicted molar refractivity (Wildman–Crippen MR) is 91.5 cm³/mol. The molecular weight excluding hydrogens is 358 g/mol. The van der Waals surface area contributed by atoms with E-state index >= 15 is 0 Å². The molecular formula is C18H24Na2O4S. The van der Waals surface area contributed by atoms with E-state index in [0.717, 1.165) is 0 Å². The fourth-order valence-corrected chi connectivity index (χ4v) is 2.61. The SMILES string of the molecule is CCCCCCCCc1cccc2ccccc12.O=S(=O)([O-])[O-].[Na+].[Na+]. The number of aryl methyl sites for hydroxylation is 1. The maximum Gasteiger partial charge on any atom is 1.00 e. The second kappa shape index (κ2) is 15.6. The Morgan fingerprint density at radius 1 is 0.800 bits per heavy atom. The van der Waals surface area contributed by atoms with Crippen LogP contribution in [0.3, 0.4) is 0 Å². The van der Waals surface area contributed by atoms with E-state index in [0.29, 0.717) is 0 Å². The summed E-state index contributed by atoms with van der Waals surface area (Å²) in [6.45, 7) is 2.27. The van der Waals surface area contributed by atoms with Gasteiger partial charge in [-0.3, -0.25) is 8.42 Å². The molecule has 0 bridgehead atoms. The fourth-order valence-electron chi connectivity index (χ4n) is 2.61. The van der Waals surface area contributed by atoms with Gasteiger partial charge in [0.05, 0.1) is 0 Å². The van der Waals surface area contributed by atoms with Crippen LogP contribution in [0.1, 0.15) is 51.0 Å². The average molecular weight is 382 g/mol. The molecule has 0 unspecified atom stereocenters. The van der Waals surface area contributed by atoms with Gasteiger partial charge in [-0.1, -0.05) is 81.5 Å². The van der Waals surface area contributed by atoms with Gasteiger partial charge in [-0.25, -0.2) is 0 Å². The van der Waals surface area contributed by atoms with E-state index in [4.69, 9.17) is 17.5 Å². The summed E-state index contributed by atoms with van der Waals surface area (Å²) in [5.74, 6) is 0. The van der Waals surface area contributed by atoms with Crippen molar-refractivity contribution in [2.75, 3.05) is 0 Å². The average Bonchev–Trinajstić information content (AvgIpc) is 2.49. The van der Waals surface area contributed by atoms with Crippen molar-refractivity contribution in [3.05, 3.63) is 48.0 Å². The molecule has 0 amide bonds. The Bertz CT molecular complexity index is 677. The van der Waals surface area contributed by atoms with E-state index in [1.54, 1.807) is 0 Å². The van der Waals surface area contributed by atoms with Crippen LogP contribution in [0.15, 0.2) is 42.5 Å². The Kier molecular flexibility index (Phi) is 17.4. The van der Waals surface area contributed by atoms with Crippen molar-refractivity contribution in [2.24, 2.45) is 0 Å². The van der Waals surface area contributed by atoms with Gasteiger partial charge in [-0.2, -0.15) is 0 Å². The molecule has 0 saturated heterocycles. The van der Waals surface area contributed by atoms with E-state index < -0.39 is 10.4 Å².